The number of nitrogens with zero attached hydrogens (tertiary/aromatic N) is 5. The Morgan fingerprint density at radius 3 is 2.89 bits per heavy atom. The lowest BCUT2D eigenvalue weighted by atomic mass is 10.2. The zero-order valence-corrected chi connectivity index (χ0v) is 14.8. The van der Waals surface area contributed by atoms with Gasteiger partial charge in [-0.05, 0) is 43.5 Å². The number of fused-ring (bicyclic) bond motifs is 2. The molecule has 1 saturated carbocycles. The Labute approximate surface area is 155 Å². The molecule has 3 aromatic rings. The van der Waals surface area contributed by atoms with E-state index in [1.54, 1.807) is 24.4 Å². The molecule has 1 aliphatic carbocycles. The number of carbonyl (C=O) groups excluding carboxylic acids is 1. The summed E-state index contributed by atoms with van der Waals surface area (Å²) in [4.78, 5) is 21.2. The molecule has 0 aromatic carbocycles. The predicted octanol–water partition coefficient (Wildman–Crippen LogP) is 2.43. The Bertz CT molecular complexity index is 1040. The van der Waals surface area contributed by atoms with Crippen molar-refractivity contribution >= 4 is 11.7 Å². The van der Waals surface area contributed by atoms with Crippen molar-refractivity contribution < 1.29 is 9.53 Å². The highest BCUT2D eigenvalue weighted by molar-refractivity contribution is 6.05. The third-order valence-corrected chi connectivity index (χ3v) is 5.27. The quantitative estimate of drug-likeness (QED) is 0.766. The zero-order chi connectivity index (χ0) is 18.4. The molecule has 1 aliphatic heterocycles. The lowest BCUT2D eigenvalue weighted by Crippen LogP contribution is -2.16. The number of amides is 1. The molecule has 3 aromatic heterocycles. The molecule has 1 spiro atoms. The molecule has 0 radical (unpaired) electrons. The number of rotatable bonds is 4. The normalized spacial score (nSPS) is 16.2. The van der Waals surface area contributed by atoms with Crippen LogP contribution in [0.4, 0.5) is 5.82 Å². The molecule has 1 N–H and O–H groups in total. The topological polar surface area (TPSA) is 94.8 Å². The molecule has 8 heteroatoms. The van der Waals surface area contributed by atoms with E-state index in [2.05, 4.69) is 30.0 Å². The van der Waals surface area contributed by atoms with E-state index in [-0.39, 0.29) is 17.3 Å². The van der Waals surface area contributed by atoms with Crippen LogP contribution in [-0.4, -0.2) is 37.7 Å². The van der Waals surface area contributed by atoms with Crippen molar-refractivity contribution in [1.29, 1.82) is 0 Å². The molecular formula is C19H18N6O2. The number of carbonyl (C=O) groups is 1. The number of aromatic nitrogens is 5. The smallest absolute Gasteiger partial charge is 0.262 e. The van der Waals surface area contributed by atoms with Crippen LogP contribution >= 0.6 is 0 Å². The fourth-order valence-electron chi connectivity index (χ4n) is 3.76. The fourth-order valence-corrected chi connectivity index (χ4v) is 3.76. The van der Waals surface area contributed by atoms with Crippen LogP contribution in [0.3, 0.4) is 0 Å². The van der Waals surface area contributed by atoms with E-state index in [1.165, 1.54) is 20.0 Å². The zero-order valence-electron chi connectivity index (χ0n) is 14.8. The van der Waals surface area contributed by atoms with E-state index in [1.807, 2.05) is 12.1 Å². The number of aryl methyl sites for hydroxylation is 1. The average Bonchev–Trinajstić information content (AvgIpc) is 3.22. The molecular weight excluding hydrogens is 344 g/mol. The molecule has 0 atom stereocenters. The Balaban J connectivity index is 1.45. The Hall–Kier alpha value is -3.29. The molecule has 0 saturated heterocycles. The van der Waals surface area contributed by atoms with Gasteiger partial charge < -0.3 is 14.6 Å². The molecule has 2 aliphatic rings. The van der Waals surface area contributed by atoms with E-state index in [0.29, 0.717) is 17.1 Å². The number of nitrogens with one attached hydrogen (secondary N) is 1. The lowest BCUT2D eigenvalue weighted by Gasteiger charge is -2.13. The monoisotopic (exact) mass is 362 g/mol. The minimum atomic E-state index is -0.324. The number of pyridine rings is 2. The number of hydrogen-bond acceptors (Lipinski definition) is 6. The van der Waals surface area contributed by atoms with E-state index in [0.717, 1.165) is 24.5 Å². The van der Waals surface area contributed by atoms with Crippen LogP contribution in [0.2, 0.25) is 0 Å². The minimum Gasteiger partial charge on any atom is -0.480 e. The largest absolute Gasteiger partial charge is 0.480 e. The van der Waals surface area contributed by atoms with Crippen molar-refractivity contribution in [3.05, 3.63) is 47.9 Å². The maximum Gasteiger partial charge on any atom is 0.262 e. The first-order chi connectivity index (χ1) is 13.2. The first-order valence-corrected chi connectivity index (χ1v) is 8.93. The molecule has 0 unspecified atom stereocenters. The molecule has 8 nitrogen and oxygen atoms in total. The average molecular weight is 362 g/mol. The van der Waals surface area contributed by atoms with E-state index in [9.17, 15) is 4.79 Å². The van der Waals surface area contributed by atoms with Gasteiger partial charge in [0.15, 0.2) is 5.82 Å². The Morgan fingerprint density at radius 2 is 2.07 bits per heavy atom. The van der Waals surface area contributed by atoms with Gasteiger partial charge in [-0.3, -0.25) is 4.79 Å². The number of anilines is 1. The Kier molecular flexibility index (Phi) is 3.46. The summed E-state index contributed by atoms with van der Waals surface area (Å²) in [5.41, 5.74) is 1.25. The SMILES string of the molecule is COc1ncccc1C(=O)Nc1cccc(-c2nnc3n2C2(CC3)CC2)n1. The van der Waals surface area contributed by atoms with Gasteiger partial charge in [0, 0.05) is 18.2 Å². The first kappa shape index (κ1) is 15.9. The van der Waals surface area contributed by atoms with Crippen LogP contribution in [0.1, 0.15) is 35.4 Å². The summed E-state index contributed by atoms with van der Waals surface area (Å²) in [6.07, 6.45) is 6.00. The van der Waals surface area contributed by atoms with Crippen LogP contribution in [0.25, 0.3) is 11.5 Å². The summed E-state index contributed by atoms with van der Waals surface area (Å²) in [6.45, 7) is 0. The highest BCUT2D eigenvalue weighted by atomic mass is 16.5. The number of hydrogen-bond donors (Lipinski definition) is 1. The minimum absolute atomic E-state index is 0.193. The van der Waals surface area contributed by atoms with Gasteiger partial charge in [0.05, 0.1) is 7.11 Å². The summed E-state index contributed by atoms with van der Waals surface area (Å²) in [7, 11) is 1.48. The summed E-state index contributed by atoms with van der Waals surface area (Å²) < 4.78 is 7.39. The van der Waals surface area contributed by atoms with Crippen molar-refractivity contribution in [3.63, 3.8) is 0 Å². The molecule has 4 heterocycles. The van der Waals surface area contributed by atoms with E-state index in [4.69, 9.17) is 4.74 Å². The molecule has 1 fully saturated rings. The second-order valence-corrected chi connectivity index (χ2v) is 6.92. The third-order valence-electron chi connectivity index (χ3n) is 5.27. The van der Waals surface area contributed by atoms with Crippen LogP contribution in [0.5, 0.6) is 5.88 Å². The highest BCUT2D eigenvalue weighted by Crippen LogP contribution is 2.53. The summed E-state index contributed by atoms with van der Waals surface area (Å²) in [6, 6.07) is 8.85. The van der Waals surface area contributed by atoms with Gasteiger partial charge in [-0.15, -0.1) is 10.2 Å². The van der Waals surface area contributed by atoms with Gasteiger partial charge in [-0.25, -0.2) is 9.97 Å². The van der Waals surface area contributed by atoms with Crippen molar-refractivity contribution in [3.8, 4) is 17.4 Å². The highest BCUT2D eigenvalue weighted by Gasteiger charge is 2.51. The van der Waals surface area contributed by atoms with Crippen LogP contribution in [0, 0.1) is 0 Å². The standard InChI is InChI=1S/C19H18N6O2/c1-27-18-12(4-3-11-20-18)17(26)22-14-6-2-5-13(21-14)16-24-23-15-7-8-19(9-10-19)25(15)16/h2-6,11H,7-10H2,1H3,(H,21,22,26). The summed E-state index contributed by atoms with van der Waals surface area (Å²) >= 11 is 0. The van der Waals surface area contributed by atoms with E-state index < -0.39 is 0 Å². The van der Waals surface area contributed by atoms with Gasteiger partial charge in [0.25, 0.3) is 5.91 Å². The number of ether oxygens (including phenoxy) is 1. The number of methoxy groups -OCH3 is 1. The van der Waals surface area contributed by atoms with Crippen molar-refractivity contribution in [2.24, 2.45) is 0 Å². The van der Waals surface area contributed by atoms with E-state index >= 15 is 0 Å². The van der Waals surface area contributed by atoms with Crippen LogP contribution < -0.4 is 10.1 Å². The van der Waals surface area contributed by atoms with Gasteiger partial charge in [0.1, 0.15) is 22.9 Å². The maximum absolute atomic E-state index is 12.6. The third kappa shape index (κ3) is 2.56. The van der Waals surface area contributed by atoms with Crippen LogP contribution in [0.15, 0.2) is 36.5 Å². The molecule has 1 amide bonds. The molecule has 5 rings (SSSR count). The van der Waals surface area contributed by atoms with Crippen LogP contribution in [-0.2, 0) is 12.0 Å². The maximum atomic E-state index is 12.6. The molecule has 136 valence electrons. The molecule has 27 heavy (non-hydrogen) atoms. The lowest BCUT2D eigenvalue weighted by molar-refractivity contribution is 0.102. The van der Waals surface area contributed by atoms with Crippen molar-refractivity contribution in [2.45, 2.75) is 31.2 Å². The van der Waals surface area contributed by atoms with Gasteiger partial charge in [-0.2, -0.15) is 0 Å². The van der Waals surface area contributed by atoms with Crippen molar-refractivity contribution in [2.75, 3.05) is 12.4 Å². The van der Waals surface area contributed by atoms with Gasteiger partial charge >= 0.3 is 0 Å². The fraction of sp³-hybridized carbons (Fsp3) is 0.316. The predicted molar refractivity (Wildman–Crippen MR) is 97.5 cm³/mol. The summed E-state index contributed by atoms with van der Waals surface area (Å²) in [5, 5.41) is 11.5. The summed E-state index contributed by atoms with van der Waals surface area (Å²) in [5.74, 6) is 2.20. The first-order valence-electron chi connectivity index (χ1n) is 8.93. The Morgan fingerprint density at radius 1 is 1.19 bits per heavy atom. The van der Waals surface area contributed by atoms with Crippen molar-refractivity contribution in [1.82, 2.24) is 24.7 Å². The van der Waals surface area contributed by atoms with Gasteiger partial charge in [0.2, 0.25) is 5.88 Å². The second-order valence-electron chi connectivity index (χ2n) is 6.92. The molecule has 0 bridgehead atoms. The van der Waals surface area contributed by atoms with Gasteiger partial charge in [-0.1, -0.05) is 6.07 Å². The second kappa shape index (κ2) is 5.87.